The first-order valence-electron chi connectivity index (χ1n) is 3.19. The third kappa shape index (κ3) is 2.26. The van der Waals surface area contributed by atoms with Gasteiger partial charge in [0.25, 0.3) is 0 Å². The fourth-order valence-electron chi connectivity index (χ4n) is 0.709. The Kier molecular flexibility index (Phi) is 2.45. The van der Waals surface area contributed by atoms with Crippen molar-refractivity contribution in [3.8, 4) is 6.07 Å². The summed E-state index contributed by atoms with van der Waals surface area (Å²) in [4.78, 5) is 0. The molecular formula is C8H7FN2. The summed E-state index contributed by atoms with van der Waals surface area (Å²) < 4.78 is 12.3. The molecule has 0 radical (unpaired) electrons. The molecule has 0 saturated heterocycles. The predicted molar refractivity (Wildman–Crippen MR) is 40.5 cm³/mol. The van der Waals surface area contributed by atoms with Crippen LogP contribution in [0.25, 0.3) is 0 Å². The number of nitrogens with one attached hydrogen (secondary N) is 1. The van der Waals surface area contributed by atoms with Gasteiger partial charge in [0.05, 0.1) is 6.07 Å². The summed E-state index contributed by atoms with van der Waals surface area (Å²) in [5, 5.41) is 11.0. The van der Waals surface area contributed by atoms with Crippen LogP contribution in [0, 0.1) is 17.1 Å². The van der Waals surface area contributed by atoms with Gasteiger partial charge < -0.3 is 5.32 Å². The Balaban J connectivity index is 2.60. The van der Waals surface area contributed by atoms with Crippen molar-refractivity contribution in [3.63, 3.8) is 0 Å². The van der Waals surface area contributed by atoms with Crippen molar-refractivity contribution in [2.45, 2.75) is 0 Å². The first-order chi connectivity index (χ1) is 5.33. The molecule has 1 N–H and O–H groups in total. The van der Waals surface area contributed by atoms with Crippen LogP contribution in [0.4, 0.5) is 10.1 Å². The number of halogens is 1. The van der Waals surface area contributed by atoms with Crippen LogP contribution in [0.15, 0.2) is 24.3 Å². The lowest BCUT2D eigenvalue weighted by molar-refractivity contribution is 0.628. The van der Waals surface area contributed by atoms with Gasteiger partial charge in [-0.2, -0.15) is 5.26 Å². The second kappa shape index (κ2) is 3.57. The molecule has 0 saturated carbocycles. The minimum absolute atomic E-state index is 0.242. The van der Waals surface area contributed by atoms with Gasteiger partial charge in [-0.15, -0.1) is 0 Å². The van der Waals surface area contributed by atoms with Crippen LogP contribution in [0.1, 0.15) is 0 Å². The van der Waals surface area contributed by atoms with E-state index in [4.69, 9.17) is 5.26 Å². The fraction of sp³-hybridized carbons (Fsp3) is 0.125. The van der Waals surface area contributed by atoms with Crippen LogP contribution in [-0.2, 0) is 0 Å². The van der Waals surface area contributed by atoms with E-state index in [0.29, 0.717) is 0 Å². The Bertz CT molecular complexity index is 260. The molecule has 56 valence electrons. The van der Waals surface area contributed by atoms with Gasteiger partial charge in [-0.05, 0) is 24.3 Å². The molecule has 0 fully saturated rings. The van der Waals surface area contributed by atoms with Crippen molar-refractivity contribution in [2.24, 2.45) is 0 Å². The lowest BCUT2D eigenvalue weighted by atomic mass is 10.3. The third-order valence-electron chi connectivity index (χ3n) is 1.22. The first-order valence-corrected chi connectivity index (χ1v) is 3.19. The lowest BCUT2D eigenvalue weighted by Crippen LogP contribution is -1.97. The van der Waals surface area contributed by atoms with Crippen molar-refractivity contribution >= 4 is 5.69 Å². The van der Waals surface area contributed by atoms with Crippen molar-refractivity contribution in [2.75, 3.05) is 11.9 Å². The number of nitriles is 1. The van der Waals surface area contributed by atoms with Gasteiger partial charge in [0.2, 0.25) is 0 Å². The number of benzene rings is 1. The Morgan fingerprint density at radius 1 is 1.36 bits per heavy atom. The largest absolute Gasteiger partial charge is 0.372 e. The van der Waals surface area contributed by atoms with E-state index in [1.54, 1.807) is 12.1 Å². The summed E-state index contributed by atoms with van der Waals surface area (Å²) in [6, 6.07) is 7.80. The van der Waals surface area contributed by atoms with E-state index in [0.717, 1.165) is 5.69 Å². The number of anilines is 1. The van der Waals surface area contributed by atoms with Crippen LogP contribution in [-0.4, -0.2) is 6.54 Å². The average Bonchev–Trinajstić information content (AvgIpc) is 2.04. The Morgan fingerprint density at radius 2 is 2.00 bits per heavy atom. The predicted octanol–water partition coefficient (Wildman–Crippen LogP) is 1.76. The summed E-state index contributed by atoms with van der Waals surface area (Å²) in [5.41, 5.74) is 0.757. The minimum Gasteiger partial charge on any atom is -0.372 e. The minimum atomic E-state index is -0.271. The van der Waals surface area contributed by atoms with Gasteiger partial charge in [-0.1, -0.05) is 0 Å². The molecule has 0 atom stereocenters. The van der Waals surface area contributed by atoms with E-state index in [1.807, 2.05) is 6.07 Å². The maximum atomic E-state index is 12.3. The molecule has 0 aromatic heterocycles. The Labute approximate surface area is 64.3 Å². The van der Waals surface area contributed by atoms with Crippen LogP contribution in [0.2, 0.25) is 0 Å². The number of hydrogen-bond acceptors (Lipinski definition) is 2. The summed E-state index contributed by atoms with van der Waals surface area (Å²) in [5.74, 6) is -0.271. The zero-order valence-electron chi connectivity index (χ0n) is 5.84. The van der Waals surface area contributed by atoms with Crippen molar-refractivity contribution < 1.29 is 4.39 Å². The quantitative estimate of drug-likeness (QED) is 0.652. The highest BCUT2D eigenvalue weighted by Crippen LogP contribution is 2.06. The molecule has 0 aliphatic carbocycles. The summed E-state index contributed by atoms with van der Waals surface area (Å²) in [6.45, 7) is 0.242. The fourth-order valence-corrected chi connectivity index (χ4v) is 0.709. The average molecular weight is 150 g/mol. The molecule has 1 aromatic carbocycles. The molecule has 3 heteroatoms. The maximum Gasteiger partial charge on any atom is 0.123 e. The standard InChI is InChI=1S/C8H7FN2/c9-7-1-3-8(4-2-7)11-6-5-10/h1-4,11H,6H2. The second-order valence-corrected chi connectivity index (χ2v) is 2.02. The third-order valence-corrected chi connectivity index (χ3v) is 1.22. The van der Waals surface area contributed by atoms with Gasteiger partial charge in [-0.3, -0.25) is 0 Å². The van der Waals surface area contributed by atoms with Crippen molar-refractivity contribution in [1.82, 2.24) is 0 Å². The van der Waals surface area contributed by atoms with Gasteiger partial charge in [-0.25, -0.2) is 4.39 Å². The summed E-state index contributed by atoms with van der Waals surface area (Å²) >= 11 is 0. The zero-order chi connectivity index (χ0) is 8.10. The molecule has 0 bridgehead atoms. The van der Waals surface area contributed by atoms with Gasteiger partial charge in [0, 0.05) is 5.69 Å². The van der Waals surface area contributed by atoms with E-state index in [-0.39, 0.29) is 12.4 Å². The molecule has 11 heavy (non-hydrogen) atoms. The van der Waals surface area contributed by atoms with Crippen molar-refractivity contribution in [3.05, 3.63) is 30.1 Å². The molecule has 0 aliphatic rings. The summed E-state index contributed by atoms with van der Waals surface area (Å²) in [6.07, 6.45) is 0. The topological polar surface area (TPSA) is 35.8 Å². The van der Waals surface area contributed by atoms with E-state index in [9.17, 15) is 4.39 Å². The van der Waals surface area contributed by atoms with Crippen LogP contribution in [0.3, 0.4) is 0 Å². The van der Waals surface area contributed by atoms with E-state index < -0.39 is 0 Å². The normalized spacial score (nSPS) is 8.73. The number of rotatable bonds is 2. The van der Waals surface area contributed by atoms with Gasteiger partial charge >= 0.3 is 0 Å². The molecule has 1 aromatic rings. The SMILES string of the molecule is N#CCNc1ccc(F)cc1. The van der Waals surface area contributed by atoms with Crippen LogP contribution >= 0.6 is 0 Å². The van der Waals surface area contributed by atoms with E-state index in [2.05, 4.69) is 5.32 Å². The van der Waals surface area contributed by atoms with E-state index in [1.165, 1.54) is 12.1 Å². The smallest absolute Gasteiger partial charge is 0.123 e. The molecular weight excluding hydrogens is 143 g/mol. The highest BCUT2D eigenvalue weighted by molar-refractivity contribution is 5.43. The number of nitrogens with zero attached hydrogens (tertiary/aromatic N) is 1. The number of hydrogen-bond donors (Lipinski definition) is 1. The Hall–Kier alpha value is -1.56. The molecule has 0 unspecified atom stereocenters. The molecule has 0 aliphatic heterocycles. The monoisotopic (exact) mass is 150 g/mol. The summed E-state index contributed by atoms with van der Waals surface area (Å²) in [7, 11) is 0. The molecule has 1 rings (SSSR count). The first kappa shape index (κ1) is 7.55. The molecule has 2 nitrogen and oxygen atoms in total. The van der Waals surface area contributed by atoms with E-state index >= 15 is 0 Å². The lowest BCUT2D eigenvalue weighted by Gasteiger charge is -1.98. The van der Waals surface area contributed by atoms with Crippen LogP contribution < -0.4 is 5.32 Å². The maximum absolute atomic E-state index is 12.3. The molecule has 0 spiro atoms. The molecule has 0 heterocycles. The molecule has 0 amide bonds. The van der Waals surface area contributed by atoms with Crippen molar-refractivity contribution in [1.29, 1.82) is 5.26 Å². The van der Waals surface area contributed by atoms with Gasteiger partial charge in [0.15, 0.2) is 0 Å². The Morgan fingerprint density at radius 3 is 2.55 bits per heavy atom. The van der Waals surface area contributed by atoms with Crippen LogP contribution in [0.5, 0.6) is 0 Å². The second-order valence-electron chi connectivity index (χ2n) is 2.02. The van der Waals surface area contributed by atoms with Gasteiger partial charge in [0.1, 0.15) is 12.4 Å². The zero-order valence-corrected chi connectivity index (χ0v) is 5.84. The highest BCUT2D eigenvalue weighted by Gasteiger charge is 1.89. The highest BCUT2D eigenvalue weighted by atomic mass is 19.1.